The van der Waals surface area contributed by atoms with Crippen LogP contribution in [0.3, 0.4) is 0 Å². The van der Waals surface area contributed by atoms with Crippen LogP contribution in [0, 0.1) is 5.92 Å². The first-order valence-electron chi connectivity index (χ1n) is 4.31. The summed E-state index contributed by atoms with van der Waals surface area (Å²) in [7, 11) is 0. The molecule has 0 bridgehead atoms. The van der Waals surface area contributed by atoms with Gasteiger partial charge in [0.2, 0.25) is 0 Å². The van der Waals surface area contributed by atoms with E-state index in [1.54, 1.807) is 0 Å². The van der Waals surface area contributed by atoms with Gasteiger partial charge in [-0.25, -0.2) is 0 Å². The molecule has 4 heteroatoms. The van der Waals surface area contributed by atoms with Gasteiger partial charge in [0.05, 0.1) is 6.10 Å². The predicted octanol–water partition coefficient (Wildman–Crippen LogP) is -0.180. The van der Waals surface area contributed by atoms with E-state index in [0.717, 1.165) is 0 Å². The second-order valence-corrected chi connectivity index (χ2v) is 3.20. The number of aliphatic hydroxyl groups excluding tert-OH is 1. The highest BCUT2D eigenvalue weighted by Gasteiger charge is 2.34. The summed E-state index contributed by atoms with van der Waals surface area (Å²) < 4.78 is 0. The molecule has 0 radical (unpaired) electrons. The van der Waals surface area contributed by atoms with E-state index < -0.39 is 18.1 Å². The summed E-state index contributed by atoms with van der Waals surface area (Å²) in [5.41, 5.74) is 0. The van der Waals surface area contributed by atoms with E-state index in [0.29, 0.717) is 19.4 Å². The molecule has 1 rings (SSSR count). The maximum atomic E-state index is 10.7. The van der Waals surface area contributed by atoms with Gasteiger partial charge in [0, 0.05) is 5.92 Å². The highest BCUT2D eigenvalue weighted by molar-refractivity contribution is 5.74. The molecule has 12 heavy (non-hydrogen) atoms. The first-order chi connectivity index (χ1) is 5.66. The van der Waals surface area contributed by atoms with Crippen LogP contribution in [0.15, 0.2) is 0 Å². The van der Waals surface area contributed by atoms with Crippen LogP contribution in [0.5, 0.6) is 0 Å². The first-order valence-corrected chi connectivity index (χ1v) is 4.31. The number of nitrogens with one attached hydrogen (secondary N) is 1. The molecule has 0 aliphatic carbocycles. The highest BCUT2D eigenvalue weighted by Crippen LogP contribution is 2.20. The quantitative estimate of drug-likeness (QED) is 0.542. The van der Waals surface area contributed by atoms with Crippen molar-refractivity contribution in [1.82, 2.24) is 5.32 Å². The number of rotatable bonds is 2. The van der Waals surface area contributed by atoms with Crippen LogP contribution in [0.1, 0.15) is 19.8 Å². The molecule has 1 aliphatic heterocycles. The van der Waals surface area contributed by atoms with Crippen molar-refractivity contribution in [2.45, 2.75) is 31.9 Å². The van der Waals surface area contributed by atoms with Crippen LogP contribution in [-0.2, 0) is 4.79 Å². The summed E-state index contributed by atoms with van der Waals surface area (Å²) in [5.74, 6) is -1.00. The number of aliphatic carboxylic acids is 1. The molecule has 3 N–H and O–H groups in total. The third-order valence-corrected chi connectivity index (χ3v) is 2.46. The van der Waals surface area contributed by atoms with Crippen molar-refractivity contribution in [1.29, 1.82) is 0 Å². The Kier molecular flexibility index (Phi) is 3.05. The molecule has 4 nitrogen and oxygen atoms in total. The Labute approximate surface area is 71.6 Å². The van der Waals surface area contributed by atoms with E-state index >= 15 is 0 Å². The number of piperidine rings is 1. The molecule has 0 amide bonds. The highest BCUT2D eigenvalue weighted by atomic mass is 16.4. The largest absolute Gasteiger partial charge is 0.480 e. The Balaban J connectivity index is 2.64. The molecule has 70 valence electrons. The van der Waals surface area contributed by atoms with E-state index in [1.807, 2.05) is 6.92 Å². The zero-order chi connectivity index (χ0) is 9.14. The van der Waals surface area contributed by atoms with Crippen molar-refractivity contribution >= 4 is 5.97 Å². The summed E-state index contributed by atoms with van der Waals surface area (Å²) in [6, 6.07) is -0.571. The molecule has 1 aliphatic rings. The van der Waals surface area contributed by atoms with Gasteiger partial charge in [-0.3, -0.25) is 4.79 Å². The Morgan fingerprint density at radius 1 is 1.67 bits per heavy atom. The second kappa shape index (κ2) is 3.87. The van der Waals surface area contributed by atoms with Gasteiger partial charge < -0.3 is 15.5 Å². The lowest BCUT2D eigenvalue weighted by molar-refractivity contribution is -0.143. The van der Waals surface area contributed by atoms with E-state index in [2.05, 4.69) is 5.32 Å². The van der Waals surface area contributed by atoms with E-state index in [1.165, 1.54) is 0 Å². The lowest BCUT2D eigenvalue weighted by Gasteiger charge is -2.33. The molecule has 0 aromatic rings. The number of aliphatic hydroxyl groups is 1. The zero-order valence-electron chi connectivity index (χ0n) is 7.16. The molecule has 3 atom stereocenters. The Morgan fingerprint density at radius 2 is 2.33 bits per heavy atom. The van der Waals surface area contributed by atoms with Crippen LogP contribution in [0.25, 0.3) is 0 Å². The molecule has 0 aromatic carbocycles. The molecule has 0 unspecified atom stereocenters. The van der Waals surface area contributed by atoms with Gasteiger partial charge in [-0.2, -0.15) is 0 Å². The molecule has 0 spiro atoms. The van der Waals surface area contributed by atoms with Gasteiger partial charge in [0.15, 0.2) is 0 Å². The second-order valence-electron chi connectivity index (χ2n) is 3.20. The lowest BCUT2D eigenvalue weighted by Crippen LogP contribution is -2.52. The van der Waals surface area contributed by atoms with Gasteiger partial charge >= 0.3 is 5.97 Å². The Hall–Kier alpha value is -0.610. The van der Waals surface area contributed by atoms with Crippen molar-refractivity contribution in [2.75, 3.05) is 6.54 Å². The van der Waals surface area contributed by atoms with Gasteiger partial charge in [-0.1, -0.05) is 6.92 Å². The maximum Gasteiger partial charge on any atom is 0.321 e. The van der Waals surface area contributed by atoms with Gasteiger partial charge in [-0.05, 0) is 19.4 Å². The van der Waals surface area contributed by atoms with Crippen LogP contribution in [0.2, 0.25) is 0 Å². The zero-order valence-corrected chi connectivity index (χ0v) is 7.16. The van der Waals surface area contributed by atoms with Crippen LogP contribution < -0.4 is 5.32 Å². The van der Waals surface area contributed by atoms with Gasteiger partial charge in [0.1, 0.15) is 6.04 Å². The van der Waals surface area contributed by atoms with Gasteiger partial charge in [-0.15, -0.1) is 0 Å². The Bertz CT molecular complexity index is 172. The lowest BCUT2D eigenvalue weighted by atomic mass is 9.86. The molecule has 0 saturated carbocycles. The van der Waals surface area contributed by atoms with Crippen LogP contribution in [-0.4, -0.2) is 34.9 Å². The van der Waals surface area contributed by atoms with Crippen molar-refractivity contribution in [2.24, 2.45) is 5.92 Å². The van der Waals surface area contributed by atoms with Crippen molar-refractivity contribution in [3.05, 3.63) is 0 Å². The molecule has 1 saturated heterocycles. The topological polar surface area (TPSA) is 69.6 Å². The number of hydrogen-bond acceptors (Lipinski definition) is 3. The summed E-state index contributed by atoms with van der Waals surface area (Å²) in [6.45, 7) is 2.49. The minimum atomic E-state index is -0.861. The third kappa shape index (κ3) is 1.76. The van der Waals surface area contributed by atoms with Crippen molar-refractivity contribution in [3.63, 3.8) is 0 Å². The fourth-order valence-electron chi connectivity index (χ4n) is 1.75. The normalized spacial score (nSPS) is 36.3. The summed E-state index contributed by atoms with van der Waals surface area (Å²) >= 11 is 0. The fourth-order valence-corrected chi connectivity index (χ4v) is 1.75. The number of carboxylic acids is 1. The average Bonchev–Trinajstić information content (AvgIpc) is 2.03. The van der Waals surface area contributed by atoms with Crippen LogP contribution >= 0.6 is 0 Å². The number of carboxylic acid groups (broad SMARTS) is 1. The molecular formula is C8H15NO3. The predicted molar refractivity (Wildman–Crippen MR) is 43.8 cm³/mol. The number of carbonyl (C=O) groups is 1. The summed E-state index contributed by atoms with van der Waals surface area (Å²) in [6.07, 6.45) is 0.894. The van der Waals surface area contributed by atoms with Crippen molar-refractivity contribution in [3.8, 4) is 0 Å². The fraction of sp³-hybridized carbons (Fsp3) is 0.875. The van der Waals surface area contributed by atoms with Gasteiger partial charge in [0.25, 0.3) is 0 Å². The van der Waals surface area contributed by atoms with Crippen molar-refractivity contribution < 1.29 is 15.0 Å². The maximum absolute atomic E-state index is 10.7. The monoisotopic (exact) mass is 173 g/mol. The summed E-state index contributed by atoms with van der Waals surface area (Å²) in [5, 5.41) is 21.2. The summed E-state index contributed by atoms with van der Waals surface area (Å²) in [4.78, 5) is 10.7. The third-order valence-electron chi connectivity index (χ3n) is 2.46. The minimum absolute atomic E-state index is 0.142. The SMILES string of the molecule is CC[C@@H]1[C@H](O)CCN[C@@H]1C(=O)O. The van der Waals surface area contributed by atoms with E-state index in [9.17, 15) is 9.90 Å². The minimum Gasteiger partial charge on any atom is -0.480 e. The molecule has 1 heterocycles. The standard InChI is InChI=1S/C8H15NO3/c1-2-5-6(10)3-4-9-7(5)8(11)12/h5-7,9-10H,2-4H2,1H3,(H,11,12)/t5-,6-,7+/m1/s1. The first kappa shape index (κ1) is 9.48. The molecular weight excluding hydrogens is 158 g/mol. The van der Waals surface area contributed by atoms with E-state index in [4.69, 9.17) is 5.11 Å². The average molecular weight is 173 g/mol. The van der Waals surface area contributed by atoms with E-state index in [-0.39, 0.29) is 5.92 Å². The smallest absolute Gasteiger partial charge is 0.321 e. The Morgan fingerprint density at radius 3 is 2.75 bits per heavy atom. The van der Waals surface area contributed by atoms with Crippen LogP contribution in [0.4, 0.5) is 0 Å². The molecule has 1 fully saturated rings. The number of hydrogen-bond donors (Lipinski definition) is 3. The molecule has 0 aromatic heterocycles.